The van der Waals surface area contributed by atoms with Crippen LogP contribution in [0.5, 0.6) is 5.88 Å². The van der Waals surface area contributed by atoms with Gasteiger partial charge in [0.25, 0.3) is 0 Å². The molecule has 4 heteroatoms. The van der Waals surface area contributed by atoms with E-state index in [2.05, 4.69) is 19.6 Å². The Morgan fingerprint density at radius 2 is 1.89 bits per heavy atom. The third-order valence-corrected chi connectivity index (χ3v) is 5.67. The second-order valence-corrected chi connectivity index (χ2v) is 7.66. The van der Waals surface area contributed by atoms with E-state index in [0.29, 0.717) is 5.56 Å². The van der Waals surface area contributed by atoms with E-state index < -0.39 is 5.60 Å². The minimum absolute atomic E-state index is 0.121. The van der Waals surface area contributed by atoms with Crippen LogP contribution in [0.4, 0.5) is 0 Å². The first-order valence-corrected chi connectivity index (χ1v) is 9.43. The lowest BCUT2D eigenvalue weighted by Gasteiger charge is -2.39. The number of rotatable bonds is 3. The van der Waals surface area contributed by atoms with E-state index in [4.69, 9.17) is 15.1 Å². The number of hydrogen-bond donors (Lipinski definition) is 0. The van der Waals surface area contributed by atoms with Gasteiger partial charge in [0.2, 0.25) is 5.88 Å². The number of hydrogen-bond acceptors (Lipinski definition) is 3. The molecule has 0 bridgehead atoms. The zero-order valence-electron chi connectivity index (χ0n) is 16.4. The molecule has 1 aliphatic rings. The fourth-order valence-electron chi connectivity index (χ4n) is 3.84. The Morgan fingerprint density at radius 3 is 2.50 bits per heavy atom. The molecule has 1 aliphatic heterocycles. The molecule has 2 atom stereocenters. The van der Waals surface area contributed by atoms with Crippen molar-refractivity contribution in [3.63, 3.8) is 0 Å². The van der Waals surface area contributed by atoms with Gasteiger partial charge in [0, 0.05) is 17.9 Å². The minimum Gasteiger partial charge on any atom is -0.466 e. The lowest BCUT2D eigenvalue weighted by atomic mass is 9.77. The van der Waals surface area contributed by atoms with Crippen LogP contribution in [0.3, 0.4) is 0 Å². The molecular weight excluding hydrogens is 346 g/mol. The van der Waals surface area contributed by atoms with Gasteiger partial charge in [-0.2, -0.15) is 10.4 Å². The molecule has 28 heavy (non-hydrogen) atoms. The maximum Gasteiger partial charge on any atom is 0.221 e. The fraction of sp³-hybridized carbons (Fsp3) is 0.250. The molecule has 0 fully saturated rings. The van der Waals surface area contributed by atoms with Crippen molar-refractivity contribution in [2.45, 2.75) is 38.7 Å². The van der Waals surface area contributed by atoms with Crippen LogP contribution in [0.25, 0.3) is 5.69 Å². The number of nitriles is 1. The van der Waals surface area contributed by atoms with Gasteiger partial charge in [0.15, 0.2) is 0 Å². The second-order valence-electron chi connectivity index (χ2n) is 7.66. The van der Waals surface area contributed by atoms with Crippen molar-refractivity contribution in [3.05, 3.63) is 89.1 Å². The number of fused-ring (bicyclic) bond motifs is 1. The van der Waals surface area contributed by atoms with Crippen molar-refractivity contribution in [3.8, 4) is 17.6 Å². The van der Waals surface area contributed by atoms with Crippen molar-refractivity contribution in [2.24, 2.45) is 0 Å². The van der Waals surface area contributed by atoms with Crippen LogP contribution >= 0.6 is 0 Å². The predicted octanol–water partition coefficient (Wildman–Crippen LogP) is 5.30. The normalized spacial score (nSPS) is 20.7. The molecule has 0 spiro atoms. The van der Waals surface area contributed by atoms with Gasteiger partial charge in [0.1, 0.15) is 5.60 Å². The van der Waals surface area contributed by atoms with Crippen LogP contribution in [0.15, 0.2) is 66.7 Å². The molecule has 0 unspecified atom stereocenters. The van der Waals surface area contributed by atoms with E-state index in [1.165, 1.54) is 0 Å². The Kier molecular flexibility index (Phi) is 4.31. The molecule has 0 radical (unpaired) electrons. The van der Waals surface area contributed by atoms with Crippen LogP contribution in [0.1, 0.15) is 48.6 Å². The Labute approximate surface area is 165 Å². The molecule has 0 saturated carbocycles. The van der Waals surface area contributed by atoms with Gasteiger partial charge in [-0.3, -0.25) is 0 Å². The zero-order valence-corrected chi connectivity index (χ0v) is 16.4. The smallest absolute Gasteiger partial charge is 0.221 e. The maximum atomic E-state index is 9.13. The van der Waals surface area contributed by atoms with Crippen molar-refractivity contribution in [2.75, 3.05) is 0 Å². The largest absolute Gasteiger partial charge is 0.466 e. The summed E-state index contributed by atoms with van der Waals surface area (Å²) in [7, 11) is 0. The highest BCUT2D eigenvalue weighted by atomic mass is 16.5. The summed E-state index contributed by atoms with van der Waals surface area (Å²) in [5.41, 5.74) is 5.34. The number of aryl methyl sites for hydroxylation is 1. The highest BCUT2D eigenvalue weighted by Gasteiger charge is 2.42. The number of benzene rings is 2. The molecule has 0 aliphatic carbocycles. The van der Waals surface area contributed by atoms with Crippen LogP contribution in [-0.2, 0) is 0 Å². The molecular formula is C24H23N3O. The zero-order chi connectivity index (χ0) is 19.9. The van der Waals surface area contributed by atoms with Crippen LogP contribution in [-0.4, -0.2) is 15.4 Å². The highest BCUT2D eigenvalue weighted by molar-refractivity contribution is 5.50. The first-order chi connectivity index (χ1) is 13.4. The summed E-state index contributed by atoms with van der Waals surface area (Å²) in [4.78, 5) is 0. The Hall–Kier alpha value is -3.32. The average molecular weight is 369 g/mol. The summed E-state index contributed by atoms with van der Waals surface area (Å²) >= 11 is 0. The third kappa shape index (κ3) is 2.90. The fourth-order valence-corrected chi connectivity index (χ4v) is 3.84. The summed E-state index contributed by atoms with van der Waals surface area (Å²) in [6.45, 7) is 10.3. The van der Waals surface area contributed by atoms with Gasteiger partial charge in [-0.1, -0.05) is 36.9 Å². The standard InChI is InChI=1S/C24H23N3O/c1-16(2)24(4)14-21(19-12-10-18(15-25)11-13-19)22-17(3)26-27(23(22)28-24)20-8-6-5-7-9-20/h5-13,21H,1,14H2,2-4H3/t21-,24+/m1/s1. The van der Waals surface area contributed by atoms with Gasteiger partial charge < -0.3 is 4.74 Å². The Bertz CT molecular complexity index is 1070. The molecule has 4 nitrogen and oxygen atoms in total. The summed E-state index contributed by atoms with van der Waals surface area (Å²) in [5.74, 6) is 0.894. The molecule has 0 N–H and O–H groups in total. The van der Waals surface area contributed by atoms with Crippen molar-refractivity contribution in [1.29, 1.82) is 5.26 Å². The van der Waals surface area contributed by atoms with E-state index >= 15 is 0 Å². The molecule has 0 saturated heterocycles. The van der Waals surface area contributed by atoms with Crippen molar-refractivity contribution in [1.82, 2.24) is 9.78 Å². The van der Waals surface area contributed by atoms with Crippen molar-refractivity contribution >= 4 is 0 Å². The summed E-state index contributed by atoms with van der Waals surface area (Å²) in [6, 6.07) is 20.1. The summed E-state index contributed by atoms with van der Waals surface area (Å²) in [5, 5.41) is 13.9. The lowest BCUT2D eigenvalue weighted by molar-refractivity contribution is 0.0856. The quantitative estimate of drug-likeness (QED) is 0.589. The van der Waals surface area contributed by atoms with Gasteiger partial charge in [0.05, 0.1) is 23.0 Å². The Morgan fingerprint density at radius 1 is 1.21 bits per heavy atom. The highest BCUT2D eigenvalue weighted by Crippen LogP contribution is 2.48. The SMILES string of the molecule is C=C(C)[C@]1(C)C[C@H](c2ccc(C#N)cc2)c2c(C)nn(-c3ccccc3)c2O1. The Balaban J connectivity index is 1.91. The summed E-state index contributed by atoms with van der Waals surface area (Å²) in [6.07, 6.45) is 0.780. The molecule has 140 valence electrons. The monoisotopic (exact) mass is 369 g/mol. The van der Waals surface area contributed by atoms with Crippen molar-refractivity contribution < 1.29 is 4.74 Å². The molecule has 0 amide bonds. The number of ether oxygens (including phenoxy) is 1. The van der Waals surface area contributed by atoms with Crippen LogP contribution in [0.2, 0.25) is 0 Å². The van der Waals surface area contributed by atoms with Gasteiger partial charge >= 0.3 is 0 Å². The summed E-state index contributed by atoms with van der Waals surface area (Å²) < 4.78 is 8.42. The molecule has 4 rings (SSSR count). The van der Waals surface area contributed by atoms with E-state index in [1.807, 2.05) is 73.1 Å². The average Bonchev–Trinajstić information content (AvgIpc) is 3.04. The minimum atomic E-state index is -0.495. The van der Waals surface area contributed by atoms with E-state index in [-0.39, 0.29) is 5.92 Å². The third-order valence-electron chi connectivity index (χ3n) is 5.67. The van der Waals surface area contributed by atoms with E-state index in [0.717, 1.165) is 40.4 Å². The van der Waals surface area contributed by atoms with E-state index in [1.54, 1.807) is 0 Å². The molecule has 2 heterocycles. The first-order valence-electron chi connectivity index (χ1n) is 9.43. The maximum absolute atomic E-state index is 9.13. The molecule has 1 aromatic heterocycles. The first kappa shape index (κ1) is 18.1. The van der Waals surface area contributed by atoms with Gasteiger partial charge in [-0.15, -0.1) is 0 Å². The van der Waals surface area contributed by atoms with Crippen LogP contribution in [0, 0.1) is 18.3 Å². The van der Waals surface area contributed by atoms with Gasteiger partial charge in [-0.25, -0.2) is 4.68 Å². The molecule has 3 aromatic rings. The van der Waals surface area contributed by atoms with Gasteiger partial charge in [-0.05, 0) is 56.2 Å². The number of aromatic nitrogens is 2. The molecule has 2 aromatic carbocycles. The predicted molar refractivity (Wildman–Crippen MR) is 110 cm³/mol. The number of para-hydroxylation sites is 1. The topological polar surface area (TPSA) is 50.8 Å². The second kappa shape index (κ2) is 6.69. The lowest BCUT2D eigenvalue weighted by Crippen LogP contribution is -2.39. The van der Waals surface area contributed by atoms with Crippen LogP contribution < -0.4 is 4.74 Å². The number of nitrogens with zero attached hydrogens (tertiary/aromatic N) is 3. The van der Waals surface area contributed by atoms with E-state index in [9.17, 15) is 0 Å².